The van der Waals surface area contributed by atoms with Crippen LogP contribution in [0.2, 0.25) is 10.0 Å². The standard InChI is InChI=1S/C15H13Cl2FN6O2S/c1-27(25,26)24-12-3-2-7(4-11(12)18)13-9(16)5-8(6-10(13)17)20-15-21-14(19)22-23-15/h2-6,24H,1H3,(H4,19,20,21,22,23). The van der Waals surface area contributed by atoms with Gasteiger partial charge in [0.15, 0.2) is 0 Å². The first-order chi connectivity index (χ1) is 12.6. The van der Waals surface area contributed by atoms with E-state index in [0.717, 1.165) is 12.3 Å². The molecule has 0 radical (unpaired) electrons. The first-order valence-electron chi connectivity index (χ1n) is 7.34. The van der Waals surface area contributed by atoms with Crippen molar-refractivity contribution < 1.29 is 12.8 Å². The number of nitrogens with zero attached hydrogens (tertiary/aromatic N) is 2. The first-order valence-corrected chi connectivity index (χ1v) is 9.99. The van der Waals surface area contributed by atoms with E-state index in [0.29, 0.717) is 16.8 Å². The van der Waals surface area contributed by atoms with E-state index < -0.39 is 15.8 Å². The maximum Gasteiger partial charge on any atom is 0.248 e. The lowest BCUT2D eigenvalue weighted by molar-refractivity contribution is 0.604. The number of sulfonamides is 1. The molecule has 0 amide bonds. The lowest BCUT2D eigenvalue weighted by atomic mass is 10.0. The molecule has 142 valence electrons. The zero-order valence-electron chi connectivity index (χ0n) is 13.7. The number of hydrogen-bond acceptors (Lipinski definition) is 6. The van der Waals surface area contributed by atoms with Gasteiger partial charge in [-0.2, -0.15) is 4.98 Å². The third-order valence-corrected chi connectivity index (χ3v) is 4.54. The predicted octanol–water partition coefficient (Wildman–Crippen LogP) is 3.61. The van der Waals surface area contributed by atoms with Crippen molar-refractivity contribution >= 4 is 56.5 Å². The SMILES string of the molecule is CS(=O)(=O)Nc1ccc(-c2c(Cl)cc(Nc3n[nH]c(N)n3)cc2Cl)cc1F. The summed E-state index contributed by atoms with van der Waals surface area (Å²) in [5.74, 6) is -0.386. The van der Waals surface area contributed by atoms with E-state index in [2.05, 4.69) is 25.2 Å². The molecule has 0 aliphatic heterocycles. The van der Waals surface area contributed by atoms with Gasteiger partial charge in [-0.05, 0) is 29.8 Å². The fourth-order valence-corrected chi connectivity index (χ4v) is 3.60. The van der Waals surface area contributed by atoms with Crippen LogP contribution in [-0.2, 0) is 10.0 Å². The van der Waals surface area contributed by atoms with Crippen molar-refractivity contribution in [3.63, 3.8) is 0 Å². The Balaban J connectivity index is 1.94. The number of nitrogens with one attached hydrogen (secondary N) is 3. The monoisotopic (exact) mass is 430 g/mol. The summed E-state index contributed by atoms with van der Waals surface area (Å²) >= 11 is 12.6. The summed E-state index contributed by atoms with van der Waals surface area (Å²) in [6, 6.07) is 7.07. The van der Waals surface area contributed by atoms with Crippen LogP contribution in [0, 0.1) is 5.82 Å². The number of anilines is 4. The number of aromatic nitrogens is 3. The third kappa shape index (κ3) is 4.59. The Morgan fingerprint density at radius 1 is 1.19 bits per heavy atom. The molecule has 2 aromatic carbocycles. The largest absolute Gasteiger partial charge is 0.368 e. The fourth-order valence-electron chi connectivity index (χ4n) is 2.33. The van der Waals surface area contributed by atoms with E-state index in [4.69, 9.17) is 28.9 Å². The van der Waals surface area contributed by atoms with Crippen LogP contribution in [0.3, 0.4) is 0 Å². The number of hydrogen-bond donors (Lipinski definition) is 4. The van der Waals surface area contributed by atoms with E-state index in [1.165, 1.54) is 12.1 Å². The van der Waals surface area contributed by atoms with Crippen molar-refractivity contribution in [1.82, 2.24) is 15.2 Å². The molecule has 0 spiro atoms. The second-order valence-electron chi connectivity index (χ2n) is 5.55. The average Bonchev–Trinajstić information content (AvgIpc) is 2.93. The van der Waals surface area contributed by atoms with Crippen molar-refractivity contribution in [3.8, 4) is 11.1 Å². The molecule has 0 saturated heterocycles. The Morgan fingerprint density at radius 3 is 2.37 bits per heavy atom. The molecule has 12 heteroatoms. The van der Waals surface area contributed by atoms with Crippen LogP contribution in [0.5, 0.6) is 0 Å². The van der Waals surface area contributed by atoms with Gasteiger partial charge < -0.3 is 11.1 Å². The number of rotatable bonds is 5. The van der Waals surface area contributed by atoms with E-state index in [1.807, 2.05) is 0 Å². The van der Waals surface area contributed by atoms with Gasteiger partial charge in [0.05, 0.1) is 22.0 Å². The average molecular weight is 431 g/mol. The molecule has 0 aliphatic rings. The maximum atomic E-state index is 14.2. The molecule has 3 aromatic rings. The summed E-state index contributed by atoms with van der Waals surface area (Å²) < 4.78 is 38.8. The first kappa shape index (κ1) is 19.2. The molecule has 5 N–H and O–H groups in total. The molecule has 0 aliphatic carbocycles. The molecular formula is C15H13Cl2FN6O2S. The van der Waals surface area contributed by atoms with Crippen molar-refractivity contribution in [2.75, 3.05) is 22.0 Å². The Hall–Kier alpha value is -2.56. The highest BCUT2D eigenvalue weighted by atomic mass is 35.5. The lowest BCUT2D eigenvalue weighted by Gasteiger charge is -2.12. The molecule has 0 bridgehead atoms. The third-order valence-electron chi connectivity index (χ3n) is 3.35. The molecule has 3 rings (SSSR count). The zero-order valence-corrected chi connectivity index (χ0v) is 16.0. The Labute approximate surface area is 163 Å². The van der Waals surface area contributed by atoms with Crippen LogP contribution in [0.1, 0.15) is 0 Å². The highest BCUT2D eigenvalue weighted by molar-refractivity contribution is 7.92. The topological polar surface area (TPSA) is 126 Å². The van der Waals surface area contributed by atoms with E-state index >= 15 is 0 Å². The molecule has 0 atom stereocenters. The van der Waals surface area contributed by atoms with Gasteiger partial charge in [-0.15, -0.1) is 5.10 Å². The van der Waals surface area contributed by atoms with Gasteiger partial charge in [0.2, 0.25) is 21.9 Å². The molecule has 0 fully saturated rings. The van der Waals surface area contributed by atoms with Crippen LogP contribution in [0.25, 0.3) is 11.1 Å². The molecule has 0 unspecified atom stereocenters. The summed E-state index contributed by atoms with van der Waals surface area (Å²) in [6.45, 7) is 0. The zero-order chi connectivity index (χ0) is 19.8. The predicted molar refractivity (Wildman–Crippen MR) is 104 cm³/mol. The number of nitrogens with two attached hydrogens (primary N) is 1. The number of halogens is 3. The number of H-pyrrole nitrogens is 1. The van der Waals surface area contributed by atoms with E-state index in [9.17, 15) is 12.8 Å². The van der Waals surface area contributed by atoms with Crippen molar-refractivity contribution in [1.29, 1.82) is 0 Å². The van der Waals surface area contributed by atoms with Crippen molar-refractivity contribution in [2.45, 2.75) is 0 Å². The second-order valence-corrected chi connectivity index (χ2v) is 8.12. The molecule has 1 heterocycles. The highest BCUT2D eigenvalue weighted by Gasteiger charge is 2.15. The summed E-state index contributed by atoms with van der Waals surface area (Å²) in [5, 5.41) is 9.69. The number of benzene rings is 2. The highest BCUT2D eigenvalue weighted by Crippen LogP contribution is 2.38. The van der Waals surface area contributed by atoms with Gasteiger partial charge >= 0.3 is 0 Å². The second kappa shape index (κ2) is 7.22. The number of aromatic amines is 1. The van der Waals surface area contributed by atoms with Gasteiger partial charge in [0.1, 0.15) is 5.82 Å². The summed E-state index contributed by atoms with van der Waals surface area (Å²) in [4.78, 5) is 3.90. The fraction of sp³-hybridized carbons (Fsp3) is 0.0667. The van der Waals surface area contributed by atoms with Crippen molar-refractivity contribution in [3.05, 3.63) is 46.2 Å². The van der Waals surface area contributed by atoms with E-state index in [1.54, 1.807) is 12.1 Å². The lowest BCUT2D eigenvalue weighted by Crippen LogP contribution is -2.10. The Bertz CT molecular complexity index is 1100. The van der Waals surface area contributed by atoms with Crippen LogP contribution >= 0.6 is 23.2 Å². The summed E-state index contributed by atoms with van der Waals surface area (Å²) in [7, 11) is -3.60. The van der Waals surface area contributed by atoms with Gasteiger partial charge in [-0.3, -0.25) is 4.72 Å². The minimum Gasteiger partial charge on any atom is -0.368 e. The Morgan fingerprint density at radius 2 is 1.85 bits per heavy atom. The summed E-state index contributed by atoms with van der Waals surface area (Å²) in [6.07, 6.45) is 0.932. The maximum absolute atomic E-state index is 14.2. The van der Waals surface area contributed by atoms with E-state index in [-0.39, 0.29) is 27.6 Å². The Kier molecular flexibility index (Phi) is 5.13. The van der Waals surface area contributed by atoms with Crippen molar-refractivity contribution in [2.24, 2.45) is 0 Å². The number of nitrogen functional groups attached to an aromatic ring is 1. The molecule has 27 heavy (non-hydrogen) atoms. The minimum absolute atomic E-state index is 0.143. The summed E-state index contributed by atoms with van der Waals surface area (Å²) in [5.41, 5.74) is 6.56. The molecule has 1 aromatic heterocycles. The van der Waals surface area contributed by atoms with Crippen LogP contribution < -0.4 is 15.8 Å². The van der Waals surface area contributed by atoms with Crippen LogP contribution in [0.4, 0.5) is 27.7 Å². The van der Waals surface area contributed by atoms with Gasteiger partial charge in [0.25, 0.3) is 0 Å². The smallest absolute Gasteiger partial charge is 0.248 e. The van der Waals surface area contributed by atoms with Crippen LogP contribution in [-0.4, -0.2) is 29.9 Å². The van der Waals surface area contributed by atoms with Gasteiger partial charge in [0, 0.05) is 11.3 Å². The minimum atomic E-state index is -3.60. The van der Waals surface area contributed by atoms with Crippen LogP contribution in [0.15, 0.2) is 30.3 Å². The van der Waals surface area contributed by atoms with Gasteiger partial charge in [-0.25, -0.2) is 17.9 Å². The quantitative estimate of drug-likeness (QED) is 0.489. The molecule has 0 saturated carbocycles. The molecular weight excluding hydrogens is 418 g/mol. The molecule has 8 nitrogen and oxygen atoms in total. The van der Waals surface area contributed by atoms with Gasteiger partial charge in [-0.1, -0.05) is 29.3 Å². The normalized spacial score (nSPS) is 11.4.